The molecule has 31 heavy (non-hydrogen) atoms. The zero-order valence-corrected chi connectivity index (χ0v) is 20.2. The van der Waals surface area contributed by atoms with Gasteiger partial charge in [-0.15, -0.1) is 0 Å². The summed E-state index contributed by atoms with van der Waals surface area (Å²) in [6.07, 6.45) is 2.70. The Morgan fingerprint density at radius 1 is 1.13 bits per heavy atom. The Balaban J connectivity index is 1.87. The lowest BCUT2D eigenvalue weighted by Crippen LogP contribution is -2.17. The first-order chi connectivity index (χ1) is 14.6. The van der Waals surface area contributed by atoms with Crippen LogP contribution in [0, 0.1) is 0 Å². The fraction of sp³-hybridized carbons (Fsp3) is 0.227. The molecule has 2 aromatic carbocycles. The minimum absolute atomic E-state index is 0.262. The smallest absolute Gasteiger partial charge is 0.175 e. The Labute approximate surface area is 196 Å². The summed E-state index contributed by atoms with van der Waals surface area (Å²) in [5.41, 5.74) is 2.66. The molecule has 1 heterocycles. The van der Waals surface area contributed by atoms with Crippen LogP contribution in [0.3, 0.4) is 0 Å². The maximum absolute atomic E-state index is 11.8. The number of nitrogens with zero attached hydrogens (tertiary/aromatic N) is 1. The molecular weight excluding hydrogens is 474 g/mol. The number of hydrogen-bond acceptors (Lipinski definition) is 6. The Bertz CT molecular complexity index is 1150. The van der Waals surface area contributed by atoms with Crippen molar-refractivity contribution in [2.75, 3.05) is 19.1 Å². The molecule has 164 valence electrons. The quantitative estimate of drug-likeness (QED) is 0.247. The maximum Gasteiger partial charge on any atom is 0.175 e. The van der Waals surface area contributed by atoms with Gasteiger partial charge in [0.2, 0.25) is 0 Å². The van der Waals surface area contributed by atoms with Gasteiger partial charge >= 0.3 is 0 Å². The number of thioether (sulfide) groups is 1. The third kappa shape index (κ3) is 6.33. The maximum atomic E-state index is 11.8. The van der Waals surface area contributed by atoms with Crippen molar-refractivity contribution in [3.05, 3.63) is 65.4 Å². The molecule has 0 atom stereocenters. The molecule has 0 bridgehead atoms. The molecule has 0 amide bonds. The highest BCUT2D eigenvalue weighted by molar-refractivity contribution is 8.22. The summed E-state index contributed by atoms with van der Waals surface area (Å²) in [7, 11) is -1.77. The monoisotopic (exact) mass is 495 g/mol. The Morgan fingerprint density at radius 2 is 1.74 bits per heavy atom. The highest BCUT2D eigenvalue weighted by atomic mass is 35.5. The van der Waals surface area contributed by atoms with Gasteiger partial charge < -0.3 is 4.42 Å². The molecule has 0 unspecified atom stereocenters. The van der Waals surface area contributed by atoms with Crippen LogP contribution in [0.5, 0.6) is 0 Å². The summed E-state index contributed by atoms with van der Waals surface area (Å²) in [6, 6.07) is 16.2. The van der Waals surface area contributed by atoms with Crippen LogP contribution in [0.15, 0.2) is 63.9 Å². The number of furan rings is 1. The van der Waals surface area contributed by atoms with Crippen LogP contribution in [0.4, 0.5) is 0 Å². The molecule has 0 spiro atoms. The van der Waals surface area contributed by atoms with Crippen LogP contribution in [0.1, 0.15) is 12.2 Å². The summed E-state index contributed by atoms with van der Waals surface area (Å²) >= 11 is 12.5. The first kappa shape index (κ1) is 23.8. The largest absolute Gasteiger partial charge is 0.460 e. The Morgan fingerprint density at radius 3 is 2.32 bits per heavy atom. The molecule has 0 aliphatic rings. The Kier molecular flexibility index (Phi) is 7.82. The molecule has 1 aromatic heterocycles. The number of sulfone groups is 1. The highest BCUT2D eigenvalue weighted by Gasteiger charge is 2.16. The third-order valence-corrected chi connectivity index (χ3v) is 7.54. The first-order valence-corrected chi connectivity index (χ1v) is 13.1. The summed E-state index contributed by atoms with van der Waals surface area (Å²) in [5, 5.41) is 10.9. The minimum Gasteiger partial charge on any atom is -0.460 e. The molecule has 3 aromatic rings. The molecule has 3 rings (SSSR count). The average molecular weight is 496 g/mol. The van der Waals surface area contributed by atoms with Gasteiger partial charge in [-0.05, 0) is 54.4 Å². The summed E-state index contributed by atoms with van der Waals surface area (Å²) in [6.45, 7) is 0. The number of hydroxylamine groups is 2. The van der Waals surface area contributed by atoms with E-state index in [4.69, 9.17) is 28.2 Å². The van der Waals surface area contributed by atoms with Crippen LogP contribution in [0.25, 0.3) is 22.5 Å². The summed E-state index contributed by atoms with van der Waals surface area (Å²) < 4.78 is 30.2. The van der Waals surface area contributed by atoms with Crippen LogP contribution < -0.4 is 0 Å². The van der Waals surface area contributed by atoms with E-state index in [1.54, 1.807) is 24.3 Å². The lowest BCUT2D eigenvalue weighted by Gasteiger charge is -2.09. The Hall–Kier alpha value is -1.84. The third-order valence-electron chi connectivity index (χ3n) is 4.54. The SMILES string of the molecule is CN(O)C(=S)SCCCc1cc(-c2ccc(Cl)cc2)c(-c2ccc(S(C)(=O)=O)cc2)o1. The molecule has 0 saturated heterocycles. The van der Waals surface area contributed by atoms with E-state index in [-0.39, 0.29) is 4.90 Å². The van der Waals surface area contributed by atoms with Crippen LogP contribution in [-0.2, 0) is 16.3 Å². The van der Waals surface area contributed by atoms with E-state index in [1.165, 1.54) is 25.1 Å². The molecule has 1 N–H and O–H groups in total. The van der Waals surface area contributed by atoms with Gasteiger partial charge in [0.15, 0.2) is 14.2 Å². The lowest BCUT2D eigenvalue weighted by molar-refractivity contribution is 0.0205. The molecule has 0 saturated carbocycles. The minimum atomic E-state index is -3.27. The van der Waals surface area contributed by atoms with Crippen molar-refractivity contribution in [2.45, 2.75) is 17.7 Å². The number of thiocarbonyl (C=S) groups is 1. The average Bonchev–Trinajstić information content (AvgIpc) is 3.15. The second-order valence-corrected chi connectivity index (χ2v) is 11.2. The fourth-order valence-electron chi connectivity index (χ4n) is 2.98. The topological polar surface area (TPSA) is 70.8 Å². The van der Waals surface area contributed by atoms with Crippen LogP contribution >= 0.6 is 35.6 Å². The molecule has 0 radical (unpaired) electrons. The van der Waals surface area contributed by atoms with Crippen LogP contribution in [-0.4, -0.2) is 42.1 Å². The van der Waals surface area contributed by atoms with Gasteiger partial charge in [0.05, 0.1) is 4.90 Å². The lowest BCUT2D eigenvalue weighted by atomic mass is 10.0. The van der Waals surface area contributed by atoms with Gasteiger partial charge in [-0.25, -0.2) is 13.5 Å². The first-order valence-electron chi connectivity index (χ1n) is 9.43. The van der Waals surface area contributed by atoms with E-state index in [1.807, 2.05) is 30.3 Å². The number of rotatable bonds is 7. The van der Waals surface area contributed by atoms with E-state index >= 15 is 0 Å². The number of halogens is 1. The summed E-state index contributed by atoms with van der Waals surface area (Å²) in [4.78, 5) is 0.262. The number of aryl methyl sites for hydroxylation is 1. The number of hydrogen-bond donors (Lipinski definition) is 1. The van der Waals surface area contributed by atoms with Crippen molar-refractivity contribution in [1.82, 2.24) is 5.06 Å². The molecule has 5 nitrogen and oxygen atoms in total. The van der Waals surface area contributed by atoms with Crippen LogP contribution in [0.2, 0.25) is 5.02 Å². The van der Waals surface area contributed by atoms with Gasteiger partial charge in [-0.2, -0.15) is 0 Å². The molecule has 0 aliphatic heterocycles. The summed E-state index contributed by atoms with van der Waals surface area (Å²) in [5.74, 6) is 2.24. The standard InChI is InChI=1S/C22H22ClNO4S3/c1-24(25)22(29)30-13-3-4-18-14-20(15-5-9-17(23)10-6-15)21(28-18)16-7-11-19(12-8-16)31(2,26)27/h5-12,14,25H,3-4,13H2,1-2H3. The molecule has 0 aliphatic carbocycles. The second kappa shape index (κ2) is 10.2. The van der Waals surface area contributed by atoms with Crippen molar-refractivity contribution < 1.29 is 18.0 Å². The van der Waals surface area contributed by atoms with Gasteiger partial charge in [-0.1, -0.05) is 47.7 Å². The van der Waals surface area contributed by atoms with Gasteiger partial charge in [0.25, 0.3) is 0 Å². The van der Waals surface area contributed by atoms with E-state index in [0.717, 1.165) is 39.7 Å². The van der Waals surface area contributed by atoms with Crippen molar-refractivity contribution in [1.29, 1.82) is 0 Å². The molecular formula is C22H22ClNO4S3. The predicted molar refractivity (Wildman–Crippen MR) is 131 cm³/mol. The van der Waals surface area contributed by atoms with Gasteiger partial charge in [-0.3, -0.25) is 5.21 Å². The van der Waals surface area contributed by atoms with Crippen molar-refractivity contribution in [3.8, 4) is 22.5 Å². The predicted octanol–water partition coefficient (Wildman–Crippen LogP) is 5.94. The van der Waals surface area contributed by atoms with E-state index in [9.17, 15) is 13.6 Å². The van der Waals surface area contributed by atoms with Crippen molar-refractivity contribution >= 4 is 49.7 Å². The van der Waals surface area contributed by atoms with E-state index in [0.29, 0.717) is 21.5 Å². The highest BCUT2D eigenvalue weighted by Crippen LogP contribution is 2.36. The van der Waals surface area contributed by atoms with Crippen molar-refractivity contribution in [2.24, 2.45) is 0 Å². The normalized spacial score (nSPS) is 11.5. The fourth-order valence-corrected chi connectivity index (χ4v) is 4.63. The van der Waals surface area contributed by atoms with E-state index < -0.39 is 9.84 Å². The zero-order chi connectivity index (χ0) is 22.6. The van der Waals surface area contributed by atoms with Gasteiger partial charge in [0, 0.05) is 41.6 Å². The zero-order valence-electron chi connectivity index (χ0n) is 17.0. The second-order valence-electron chi connectivity index (χ2n) is 7.00. The molecule has 9 heteroatoms. The molecule has 0 fully saturated rings. The van der Waals surface area contributed by atoms with Gasteiger partial charge in [0.1, 0.15) is 11.5 Å². The number of benzene rings is 2. The van der Waals surface area contributed by atoms with E-state index in [2.05, 4.69) is 0 Å². The van der Waals surface area contributed by atoms with Crippen molar-refractivity contribution in [3.63, 3.8) is 0 Å².